The number of hydrogen-bond acceptors (Lipinski definition) is 4. The molecule has 0 radical (unpaired) electrons. The van der Waals surface area contributed by atoms with E-state index in [9.17, 15) is 9.18 Å². The van der Waals surface area contributed by atoms with Gasteiger partial charge in [-0.3, -0.25) is 9.78 Å². The largest absolute Gasteiger partial charge is 0.341 e. The molecule has 0 atom stereocenters. The van der Waals surface area contributed by atoms with E-state index in [2.05, 4.69) is 9.97 Å². The van der Waals surface area contributed by atoms with E-state index in [-0.39, 0.29) is 17.3 Å². The first-order valence-corrected chi connectivity index (χ1v) is 7.64. The average Bonchev–Trinajstić information content (AvgIpc) is 3.07. The van der Waals surface area contributed by atoms with Gasteiger partial charge in [0.1, 0.15) is 5.01 Å². The number of thiazole rings is 1. The second-order valence-electron chi connectivity index (χ2n) is 4.94. The van der Waals surface area contributed by atoms with Crippen molar-refractivity contribution in [1.82, 2.24) is 14.5 Å². The highest BCUT2D eigenvalue weighted by atomic mass is 32.1. The molecule has 3 rings (SSSR count). The molecule has 0 saturated carbocycles. The van der Waals surface area contributed by atoms with Crippen LogP contribution in [0.2, 0.25) is 0 Å². The van der Waals surface area contributed by atoms with Gasteiger partial charge in [-0.05, 0) is 36.8 Å². The second kappa shape index (κ2) is 6.19. The Bertz CT molecular complexity index is 775. The molecule has 0 N–H and O–H groups in total. The standard InChI is InChI=1S/C16H14FN3OS/c1-11-16(17)22-15(19-11)9-14(21)13-3-2-8-20(13)10-12-4-6-18-7-5-12/h2-8H,9-10H2,1H3. The summed E-state index contributed by atoms with van der Waals surface area (Å²) in [5.74, 6) is -0.0622. The monoisotopic (exact) mass is 315 g/mol. The molecule has 22 heavy (non-hydrogen) atoms. The topological polar surface area (TPSA) is 47.8 Å². The van der Waals surface area contributed by atoms with Gasteiger partial charge in [0.05, 0.1) is 17.8 Å². The SMILES string of the molecule is Cc1nc(CC(=O)c2cccn2Cc2ccncc2)sc1F. The number of carbonyl (C=O) groups is 1. The Morgan fingerprint density at radius 3 is 2.77 bits per heavy atom. The number of hydrogen-bond donors (Lipinski definition) is 0. The number of ketones is 1. The Morgan fingerprint density at radius 1 is 1.32 bits per heavy atom. The summed E-state index contributed by atoms with van der Waals surface area (Å²) in [6, 6.07) is 7.43. The van der Waals surface area contributed by atoms with Gasteiger partial charge in [-0.15, -0.1) is 0 Å². The summed E-state index contributed by atoms with van der Waals surface area (Å²) in [6.45, 7) is 2.20. The second-order valence-corrected chi connectivity index (χ2v) is 5.98. The van der Waals surface area contributed by atoms with Crippen molar-refractivity contribution in [3.63, 3.8) is 0 Å². The first-order chi connectivity index (χ1) is 10.6. The van der Waals surface area contributed by atoms with Crippen LogP contribution in [0.1, 0.15) is 26.8 Å². The minimum Gasteiger partial charge on any atom is -0.341 e. The van der Waals surface area contributed by atoms with E-state index in [1.165, 1.54) is 0 Å². The van der Waals surface area contributed by atoms with Crippen LogP contribution in [0.4, 0.5) is 4.39 Å². The quantitative estimate of drug-likeness (QED) is 0.679. The molecular weight excluding hydrogens is 301 g/mol. The number of aryl methyl sites for hydroxylation is 1. The smallest absolute Gasteiger partial charge is 0.199 e. The predicted octanol–water partition coefficient (Wildman–Crippen LogP) is 3.26. The van der Waals surface area contributed by atoms with Gasteiger partial charge in [0.2, 0.25) is 0 Å². The summed E-state index contributed by atoms with van der Waals surface area (Å²) < 4.78 is 15.2. The van der Waals surface area contributed by atoms with Crippen LogP contribution in [0.5, 0.6) is 0 Å². The lowest BCUT2D eigenvalue weighted by molar-refractivity contribution is 0.0984. The predicted molar refractivity (Wildman–Crippen MR) is 82.6 cm³/mol. The van der Waals surface area contributed by atoms with Gasteiger partial charge in [0.25, 0.3) is 0 Å². The Labute approximate surface area is 131 Å². The van der Waals surface area contributed by atoms with Crippen LogP contribution in [0, 0.1) is 12.1 Å². The van der Waals surface area contributed by atoms with E-state index >= 15 is 0 Å². The molecule has 3 aromatic heterocycles. The molecule has 0 aliphatic heterocycles. The Balaban J connectivity index is 1.77. The Hall–Kier alpha value is -2.34. The van der Waals surface area contributed by atoms with E-state index in [0.29, 0.717) is 22.9 Å². The molecule has 3 aromatic rings. The van der Waals surface area contributed by atoms with Crippen LogP contribution in [-0.2, 0) is 13.0 Å². The number of halogens is 1. The molecule has 0 aliphatic rings. The number of Topliss-reactive ketones (excluding diaryl/α,β-unsaturated/α-hetero) is 1. The summed E-state index contributed by atoms with van der Waals surface area (Å²) in [7, 11) is 0. The average molecular weight is 315 g/mol. The number of aromatic nitrogens is 3. The fraction of sp³-hybridized carbons (Fsp3) is 0.188. The van der Waals surface area contributed by atoms with E-state index in [1.807, 2.05) is 29.0 Å². The van der Waals surface area contributed by atoms with Gasteiger partial charge in [0.15, 0.2) is 10.9 Å². The third kappa shape index (κ3) is 3.12. The fourth-order valence-electron chi connectivity index (χ4n) is 2.22. The molecule has 4 nitrogen and oxygen atoms in total. The molecule has 0 unspecified atom stereocenters. The Morgan fingerprint density at radius 2 is 2.09 bits per heavy atom. The highest BCUT2D eigenvalue weighted by Crippen LogP contribution is 2.18. The van der Waals surface area contributed by atoms with E-state index < -0.39 is 0 Å². The van der Waals surface area contributed by atoms with Crippen molar-refractivity contribution in [3.8, 4) is 0 Å². The van der Waals surface area contributed by atoms with Gasteiger partial charge in [-0.25, -0.2) is 4.98 Å². The summed E-state index contributed by atoms with van der Waals surface area (Å²) in [4.78, 5) is 20.5. The van der Waals surface area contributed by atoms with Crippen LogP contribution >= 0.6 is 11.3 Å². The zero-order valence-corrected chi connectivity index (χ0v) is 12.8. The van der Waals surface area contributed by atoms with Crippen LogP contribution in [0.25, 0.3) is 0 Å². The van der Waals surface area contributed by atoms with Crippen LogP contribution in [0.15, 0.2) is 42.9 Å². The molecule has 0 spiro atoms. The maximum absolute atomic E-state index is 13.3. The number of carbonyl (C=O) groups excluding carboxylic acids is 1. The Kier molecular flexibility index (Phi) is 4.11. The zero-order valence-electron chi connectivity index (χ0n) is 12.0. The minimum absolute atomic E-state index is 0.0622. The number of pyridine rings is 1. The highest BCUT2D eigenvalue weighted by molar-refractivity contribution is 7.10. The van der Waals surface area contributed by atoms with Crippen molar-refractivity contribution in [3.05, 3.63) is 69.9 Å². The van der Waals surface area contributed by atoms with Crippen LogP contribution in [0.3, 0.4) is 0 Å². The highest BCUT2D eigenvalue weighted by Gasteiger charge is 2.15. The summed E-state index contributed by atoms with van der Waals surface area (Å²) in [5, 5.41) is 0.187. The van der Waals surface area contributed by atoms with Crippen LogP contribution < -0.4 is 0 Å². The summed E-state index contributed by atoms with van der Waals surface area (Å²) in [5.41, 5.74) is 2.02. The molecule has 0 amide bonds. The molecule has 112 valence electrons. The van der Waals surface area contributed by atoms with Crippen molar-refractivity contribution >= 4 is 17.1 Å². The van der Waals surface area contributed by atoms with Crippen LogP contribution in [-0.4, -0.2) is 20.3 Å². The lowest BCUT2D eigenvalue weighted by Gasteiger charge is -2.08. The van der Waals surface area contributed by atoms with Gasteiger partial charge in [-0.2, -0.15) is 4.39 Å². The lowest BCUT2D eigenvalue weighted by atomic mass is 10.2. The van der Waals surface area contributed by atoms with Crippen molar-refractivity contribution in [2.45, 2.75) is 19.9 Å². The van der Waals surface area contributed by atoms with E-state index in [1.54, 1.807) is 25.4 Å². The molecule has 6 heteroatoms. The van der Waals surface area contributed by atoms with Gasteiger partial charge >= 0.3 is 0 Å². The van der Waals surface area contributed by atoms with E-state index in [0.717, 1.165) is 16.9 Å². The molecule has 0 aliphatic carbocycles. The van der Waals surface area contributed by atoms with E-state index in [4.69, 9.17) is 0 Å². The normalized spacial score (nSPS) is 10.8. The molecule has 0 aromatic carbocycles. The fourth-order valence-corrected chi connectivity index (χ4v) is 3.01. The minimum atomic E-state index is -0.324. The maximum atomic E-state index is 13.3. The van der Waals surface area contributed by atoms with Crippen molar-refractivity contribution < 1.29 is 9.18 Å². The molecule has 3 heterocycles. The van der Waals surface area contributed by atoms with Gasteiger partial charge in [-0.1, -0.05) is 11.3 Å². The first kappa shape index (κ1) is 14.6. The zero-order chi connectivity index (χ0) is 15.5. The maximum Gasteiger partial charge on any atom is 0.199 e. The number of rotatable bonds is 5. The number of nitrogens with zero attached hydrogens (tertiary/aromatic N) is 3. The van der Waals surface area contributed by atoms with Crippen molar-refractivity contribution in [2.24, 2.45) is 0 Å². The van der Waals surface area contributed by atoms with Crippen molar-refractivity contribution in [1.29, 1.82) is 0 Å². The lowest BCUT2D eigenvalue weighted by Crippen LogP contribution is -2.11. The van der Waals surface area contributed by atoms with Crippen molar-refractivity contribution in [2.75, 3.05) is 0 Å². The van der Waals surface area contributed by atoms with Gasteiger partial charge < -0.3 is 4.57 Å². The molecule has 0 fully saturated rings. The first-order valence-electron chi connectivity index (χ1n) is 6.82. The van der Waals surface area contributed by atoms with Gasteiger partial charge in [0, 0.05) is 25.1 Å². The third-order valence-electron chi connectivity index (χ3n) is 3.31. The summed E-state index contributed by atoms with van der Waals surface area (Å²) in [6.07, 6.45) is 5.43. The molecule has 0 saturated heterocycles. The summed E-state index contributed by atoms with van der Waals surface area (Å²) >= 11 is 0.934. The third-order valence-corrected chi connectivity index (χ3v) is 4.26. The molecular formula is C16H14FN3OS. The molecule has 0 bridgehead atoms.